The van der Waals surface area contributed by atoms with Gasteiger partial charge in [-0.3, -0.25) is 19.2 Å². The molecule has 5 N–H and O–H groups in total. The molecule has 1 saturated carbocycles. The van der Waals surface area contributed by atoms with Gasteiger partial charge < -0.3 is 55.1 Å². The standard InChI is InChI=1S/C52H72IN9O9S/c1-35-45(72-34-57-35)37-15-13-36(14-16-37)30-55-48(65)43-29-40(63)32-62(43)50(67)46(52(2,3)4)59-44(64)33-70-27-9-25-68-23-6-7-24-69-26-10-28-71-41-19-17-39(18-20-41)58-51-56-31-42(53)47(60-51)54-21-22-61(5)49(66)38-11-8-12-38/h13-20,31,34,38,40,43,46,63H,6-12,21-30,32-33H2,1-5H3,(H,55,65)(H,59,64)(H2,54,56,58,60)/t40-,43+,46-/m1/s1. The number of unbranched alkanes of at least 4 members (excludes halogenated alkanes) is 1. The molecule has 2 aromatic carbocycles. The minimum atomic E-state index is -0.940. The van der Waals surface area contributed by atoms with Crippen LogP contribution in [0.25, 0.3) is 10.4 Å². The van der Waals surface area contributed by atoms with Crippen LogP contribution in [0.15, 0.2) is 60.2 Å². The second-order valence-corrected chi connectivity index (χ2v) is 21.4. The number of nitrogens with one attached hydrogen (secondary N) is 4. The number of β-amino-alcohol motifs (C(OH)–C–C–N with tert-alkyl or cyclic N) is 1. The Kier molecular flexibility index (Phi) is 22.2. The first-order valence-corrected chi connectivity index (χ1v) is 26.9. The predicted molar refractivity (Wildman–Crippen MR) is 286 cm³/mol. The maximum absolute atomic E-state index is 13.9. The van der Waals surface area contributed by atoms with E-state index in [1.54, 1.807) is 22.4 Å². The Hall–Kier alpha value is -5.00. The van der Waals surface area contributed by atoms with Crippen LogP contribution in [-0.2, 0) is 39.9 Å². The van der Waals surface area contributed by atoms with E-state index in [0.717, 1.165) is 81.0 Å². The molecule has 4 amide bonds. The van der Waals surface area contributed by atoms with Crippen molar-refractivity contribution in [2.24, 2.45) is 11.3 Å². The zero-order chi connectivity index (χ0) is 51.5. The van der Waals surface area contributed by atoms with Gasteiger partial charge in [0.25, 0.3) is 0 Å². The first-order valence-electron chi connectivity index (χ1n) is 25.0. The van der Waals surface area contributed by atoms with E-state index in [9.17, 15) is 24.3 Å². The minimum absolute atomic E-state index is 0.00280. The lowest BCUT2D eigenvalue weighted by molar-refractivity contribution is -0.144. The summed E-state index contributed by atoms with van der Waals surface area (Å²) in [5.74, 6) is 1.13. The molecule has 3 atom stereocenters. The van der Waals surface area contributed by atoms with E-state index >= 15 is 0 Å². The van der Waals surface area contributed by atoms with Crippen molar-refractivity contribution in [2.75, 3.05) is 83.6 Å². The number of likely N-dealkylation sites (N-methyl/N-ethyl adjacent to an activating group) is 1. The number of rotatable bonds is 29. The average Bonchev–Trinajstić information content (AvgIpc) is 3.96. The number of halogens is 1. The zero-order valence-electron chi connectivity index (χ0n) is 42.3. The SMILES string of the molecule is Cc1ncsc1-c1ccc(CNC(=O)[C@@H]2C[C@@H](O)CN2C(=O)[C@@H](NC(=O)COCCCOCCCCOCCCOc2ccc(Nc3ncc(I)c(NCCN(C)C(=O)C4CCC4)n3)cc2)C(C)(C)C)cc1. The van der Waals surface area contributed by atoms with Crippen molar-refractivity contribution in [3.63, 3.8) is 0 Å². The molecular formula is C52H72IN9O9S. The number of aromatic nitrogens is 3. The highest BCUT2D eigenvalue weighted by Crippen LogP contribution is 2.30. The van der Waals surface area contributed by atoms with E-state index in [4.69, 9.17) is 18.9 Å². The number of aryl methyl sites for hydroxylation is 1. The van der Waals surface area contributed by atoms with Crippen LogP contribution in [0.4, 0.5) is 17.5 Å². The van der Waals surface area contributed by atoms with Crippen molar-refractivity contribution >= 4 is 75.0 Å². The van der Waals surface area contributed by atoms with Crippen LogP contribution in [0.5, 0.6) is 5.75 Å². The van der Waals surface area contributed by atoms with E-state index < -0.39 is 35.4 Å². The molecule has 1 saturated heterocycles. The molecule has 2 fully saturated rings. The van der Waals surface area contributed by atoms with Gasteiger partial charge in [-0.05, 0) is 102 Å². The topological polar surface area (TPSA) is 219 Å². The van der Waals surface area contributed by atoms with Crippen LogP contribution in [0.1, 0.15) is 83.4 Å². The van der Waals surface area contributed by atoms with Gasteiger partial charge in [0.2, 0.25) is 29.6 Å². The van der Waals surface area contributed by atoms with Crippen molar-refractivity contribution in [1.29, 1.82) is 0 Å². The quantitative estimate of drug-likeness (QED) is 0.0282. The summed E-state index contributed by atoms with van der Waals surface area (Å²) in [6.45, 7) is 11.9. The average molecular weight is 1130 g/mol. The third-order valence-corrected chi connectivity index (χ3v) is 14.2. The highest BCUT2D eigenvalue weighted by molar-refractivity contribution is 14.1. The van der Waals surface area contributed by atoms with E-state index in [2.05, 4.69) is 58.8 Å². The van der Waals surface area contributed by atoms with E-state index in [1.807, 2.05) is 88.8 Å². The number of aliphatic hydroxyl groups is 1. The maximum atomic E-state index is 13.9. The van der Waals surface area contributed by atoms with Crippen molar-refractivity contribution < 1.29 is 43.2 Å². The maximum Gasteiger partial charge on any atom is 0.246 e. The molecule has 2 aromatic heterocycles. The van der Waals surface area contributed by atoms with Gasteiger partial charge in [0.15, 0.2) is 0 Å². The molecule has 0 radical (unpaired) electrons. The van der Waals surface area contributed by atoms with Gasteiger partial charge in [-0.15, -0.1) is 11.3 Å². The van der Waals surface area contributed by atoms with Crippen molar-refractivity contribution in [3.05, 3.63) is 75.1 Å². The second-order valence-electron chi connectivity index (χ2n) is 19.3. The molecule has 4 aromatic rings. The number of ether oxygens (including phenoxy) is 4. The number of nitrogens with zero attached hydrogens (tertiary/aromatic N) is 5. The van der Waals surface area contributed by atoms with Gasteiger partial charge in [-0.25, -0.2) is 9.97 Å². The number of likely N-dealkylation sites (tertiary alicyclic amines) is 1. The molecule has 1 aliphatic carbocycles. The van der Waals surface area contributed by atoms with Crippen molar-refractivity contribution in [3.8, 4) is 16.2 Å². The summed E-state index contributed by atoms with van der Waals surface area (Å²) in [5, 5.41) is 22.9. The number of benzene rings is 2. The Bertz CT molecular complexity index is 2350. The normalized spacial score (nSPS) is 16.2. The van der Waals surface area contributed by atoms with Gasteiger partial charge >= 0.3 is 0 Å². The molecule has 2 aliphatic rings. The van der Waals surface area contributed by atoms with Crippen LogP contribution in [0, 0.1) is 21.8 Å². The minimum Gasteiger partial charge on any atom is -0.494 e. The van der Waals surface area contributed by atoms with E-state index in [0.29, 0.717) is 65.1 Å². The second kappa shape index (κ2) is 28.5. The highest BCUT2D eigenvalue weighted by Gasteiger charge is 2.44. The fourth-order valence-electron chi connectivity index (χ4n) is 8.11. The smallest absolute Gasteiger partial charge is 0.246 e. The lowest BCUT2D eigenvalue weighted by atomic mass is 9.84. The number of hydrogen-bond acceptors (Lipinski definition) is 15. The molecule has 0 bridgehead atoms. The lowest BCUT2D eigenvalue weighted by Gasteiger charge is -2.35. The first-order chi connectivity index (χ1) is 34.7. The number of thiazole rings is 1. The molecule has 6 rings (SSSR count). The number of aliphatic hydroxyl groups excluding tert-OH is 1. The van der Waals surface area contributed by atoms with Gasteiger partial charge in [0.1, 0.15) is 30.3 Å². The fourth-order valence-corrected chi connectivity index (χ4v) is 9.37. The Balaban J connectivity index is 0.767. The van der Waals surface area contributed by atoms with Crippen LogP contribution < -0.4 is 26.0 Å². The Labute approximate surface area is 441 Å². The first kappa shape index (κ1) is 56.3. The van der Waals surface area contributed by atoms with Gasteiger partial charge in [0.05, 0.1) is 32.4 Å². The monoisotopic (exact) mass is 1130 g/mol. The van der Waals surface area contributed by atoms with E-state index in [-0.39, 0.29) is 43.8 Å². The van der Waals surface area contributed by atoms with Gasteiger partial charge in [0, 0.05) is 96.9 Å². The van der Waals surface area contributed by atoms with Gasteiger partial charge in [-0.2, -0.15) is 4.98 Å². The largest absolute Gasteiger partial charge is 0.494 e. The molecule has 3 heterocycles. The summed E-state index contributed by atoms with van der Waals surface area (Å²) >= 11 is 3.78. The number of anilines is 3. The molecular weight excluding hydrogens is 1050 g/mol. The Morgan fingerprint density at radius 3 is 2.25 bits per heavy atom. The lowest BCUT2D eigenvalue weighted by Crippen LogP contribution is -2.58. The summed E-state index contributed by atoms with van der Waals surface area (Å²) in [6, 6.07) is 13.7. The highest BCUT2D eigenvalue weighted by atomic mass is 127. The number of carbonyl (C=O) groups is 4. The molecule has 18 nitrogen and oxygen atoms in total. The summed E-state index contributed by atoms with van der Waals surface area (Å²) < 4.78 is 23.9. The fraction of sp³-hybridized carbons (Fsp3) is 0.558. The molecule has 1 aliphatic heterocycles. The van der Waals surface area contributed by atoms with Crippen molar-refractivity contribution in [2.45, 2.75) is 104 Å². The molecule has 72 heavy (non-hydrogen) atoms. The van der Waals surface area contributed by atoms with E-state index in [1.165, 1.54) is 4.90 Å². The number of amides is 4. The molecule has 20 heteroatoms. The van der Waals surface area contributed by atoms with Gasteiger partial charge in [-0.1, -0.05) is 51.5 Å². The van der Waals surface area contributed by atoms with Crippen LogP contribution in [0.2, 0.25) is 0 Å². The van der Waals surface area contributed by atoms with Crippen LogP contribution in [0.3, 0.4) is 0 Å². The summed E-state index contributed by atoms with van der Waals surface area (Å²) in [6.07, 6.45) is 7.23. The third kappa shape index (κ3) is 17.6. The summed E-state index contributed by atoms with van der Waals surface area (Å²) in [4.78, 5) is 70.4. The third-order valence-electron chi connectivity index (χ3n) is 12.5. The molecule has 392 valence electrons. The predicted octanol–water partition coefficient (Wildman–Crippen LogP) is 6.73. The van der Waals surface area contributed by atoms with Crippen molar-refractivity contribution in [1.82, 2.24) is 35.4 Å². The summed E-state index contributed by atoms with van der Waals surface area (Å²) in [7, 11) is 1.86. The number of carbonyl (C=O) groups excluding carboxylic acids is 4. The van der Waals surface area contributed by atoms with Crippen LogP contribution >= 0.6 is 33.9 Å². The van der Waals surface area contributed by atoms with Crippen LogP contribution in [-0.4, -0.2) is 145 Å². The molecule has 0 unspecified atom stereocenters. The Morgan fingerprint density at radius 1 is 0.917 bits per heavy atom. The zero-order valence-corrected chi connectivity index (χ0v) is 45.2. The summed E-state index contributed by atoms with van der Waals surface area (Å²) in [5.41, 5.74) is 4.89. The Morgan fingerprint density at radius 2 is 1.60 bits per heavy atom. The number of hydrogen-bond donors (Lipinski definition) is 5. The molecule has 0 spiro atoms.